The molecule has 0 aromatic heterocycles. The highest BCUT2D eigenvalue weighted by Gasteiger charge is 2.33. The molecule has 0 aliphatic rings. The van der Waals surface area contributed by atoms with Gasteiger partial charge in [-0.1, -0.05) is 29.8 Å². The molecular formula is C18H17F3N2O2. The third kappa shape index (κ3) is 5.34. The van der Waals surface area contributed by atoms with E-state index in [1.54, 1.807) is 18.2 Å². The fourth-order valence-corrected chi connectivity index (χ4v) is 2.23. The summed E-state index contributed by atoms with van der Waals surface area (Å²) in [5.41, 5.74) is 0.175. The highest BCUT2D eigenvalue weighted by atomic mass is 19.4. The number of carbonyl (C=O) groups excluding carboxylic acids is 2. The van der Waals surface area contributed by atoms with Crippen molar-refractivity contribution in [1.82, 2.24) is 5.32 Å². The summed E-state index contributed by atoms with van der Waals surface area (Å²) in [6, 6.07) is 11.7. The lowest BCUT2D eigenvalue weighted by atomic mass is 10.1. The van der Waals surface area contributed by atoms with Crippen molar-refractivity contribution in [2.24, 2.45) is 0 Å². The molecule has 0 heterocycles. The summed E-state index contributed by atoms with van der Waals surface area (Å²) in [5.74, 6) is -0.951. The minimum absolute atomic E-state index is 0.0206. The normalized spacial score (nSPS) is 11.0. The number of alkyl halides is 3. The zero-order chi connectivity index (χ0) is 18.4. The van der Waals surface area contributed by atoms with Gasteiger partial charge >= 0.3 is 6.18 Å². The van der Waals surface area contributed by atoms with E-state index >= 15 is 0 Å². The van der Waals surface area contributed by atoms with Gasteiger partial charge in [0.2, 0.25) is 5.91 Å². The van der Waals surface area contributed by atoms with Crippen molar-refractivity contribution < 1.29 is 22.8 Å². The number of hydrogen-bond acceptors (Lipinski definition) is 2. The molecule has 0 spiro atoms. The Morgan fingerprint density at radius 1 is 1.04 bits per heavy atom. The number of benzene rings is 2. The van der Waals surface area contributed by atoms with Gasteiger partial charge in [-0.15, -0.1) is 0 Å². The highest BCUT2D eigenvalue weighted by molar-refractivity contribution is 5.95. The molecule has 7 heteroatoms. The fourth-order valence-electron chi connectivity index (χ4n) is 2.23. The second-order valence-corrected chi connectivity index (χ2v) is 5.47. The average Bonchev–Trinajstić information content (AvgIpc) is 2.54. The van der Waals surface area contributed by atoms with Gasteiger partial charge in [0.05, 0.1) is 11.3 Å². The predicted octanol–water partition coefficient (Wildman–Crippen LogP) is 3.77. The van der Waals surface area contributed by atoms with Crippen LogP contribution in [0.25, 0.3) is 0 Å². The highest BCUT2D eigenvalue weighted by Crippen LogP contribution is 2.34. The zero-order valence-electron chi connectivity index (χ0n) is 13.5. The Bertz CT molecular complexity index is 773. The van der Waals surface area contributed by atoms with E-state index in [9.17, 15) is 22.8 Å². The number of aryl methyl sites for hydroxylation is 1. The van der Waals surface area contributed by atoms with Crippen LogP contribution in [0.15, 0.2) is 48.5 Å². The van der Waals surface area contributed by atoms with Crippen molar-refractivity contribution in [3.8, 4) is 0 Å². The van der Waals surface area contributed by atoms with Crippen LogP contribution >= 0.6 is 0 Å². The molecule has 0 atom stereocenters. The number of carbonyl (C=O) groups is 2. The molecule has 0 aliphatic carbocycles. The second-order valence-electron chi connectivity index (χ2n) is 5.47. The van der Waals surface area contributed by atoms with Crippen molar-refractivity contribution in [1.29, 1.82) is 0 Å². The average molecular weight is 350 g/mol. The van der Waals surface area contributed by atoms with Gasteiger partial charge in [-0.05, 0) is 31.2 Å². The number of rotatable bonds is 5. The molecule has 0 unspecified atom stereocenters. The SMILES string of the molecule is Cc1cccc(C(=O)NCCC(=O)Nc2ccccc2C(F)(F)F)c1. The van der Waals surface area contributed by atoms with Gasteiger partial charge in [0.1, 0.15) is 0 Å². The fraction of sp³-hybridized carbons (Fsp3) is 0.222. The Labute approximate surface area is 143 Å². The number of hydrogen-bond donors (Lipinski definition) is 2. The van der Waals surface area contributed by atoms with E-state index in [4.69, 9.17) is 0 Å². The lowest BCUT2D eigenvalue weighted by Gasteiger charge is -2.13. The first-order valence-electron chi connectivity index (χ1n) is 7.58. The summed E-state index contributed by atoms with van der Waals surface area (Å²) < 4.78 is 38.6. The molecule has 2 aromatic rings. The molecule has 132 valence electrons. The summed E-state index contributed by atoms with van der Waals surface area (Å²) in [7, 11) is 0. The van der Waals surface area contributed by atoms with Gasteiger partial charge in [-0.2, -0.15) is 13.2 Å². The lowest BCUT2D eigenvalue weighted by molar-refractivity contribution is -0.137. The van der Waals surface area contributed by atoms with E-state index in [1.165, 1.54) is 18.2 Å². The summed E-state index contributed by atoms with van der Waals surface area (Å²) in [5, 5.41) is 4.80. The minimum Gasteiger partial charge on any atom is -0.352 e. The van der Waals surface area contributed by atoms with Crippen LogP contribution in [0, 0.1) is 6.92 Å². The van der Waals surface area contributed by atoms with E-state index in [0.29, 0.717) is 5.56 Å². The maximum atomic E-state index is 12.9. The van der Waals surface area contributed by atoms with Crippen molar-refractivity contribution in [3.05, 3.63) is 65.2 Å². The Balaban J connectivity index is 1.89. The van der Waals surface area contributed by atoms with Crippen LogP contribution in [0.5, 0.6) is 0 Å². The van der Waals surface area contributed by atoms with Gasteiger partial charge in [-0.25, -0.2) is 0 Å². The third-order valence-corrected chi connectivity index (χ3v) is 3.42. The first kappa shape index (κ1) is 18.5. The molecule has 2 rings (SSSR count). The van der Waals surface area contributed by atoms with Crippen molar-refractivity contribution in [2.75, 3.05) is 11.9 Å². The molecule has 2 aromatic carbocycles. The van der Waals surface area contributed by atoms with E-state index in [0.717, 1.165) is 11.6 Å². The largest absolute Gasteiger partial charge is 0.418 e. The topological polar surface area (TPSA) is 58.2 Å². The molecule has 0 saturated carbocycles. The summed E-state index contributed by atoms with van der Waals surface area (Å²) >= 11 is 0. The Kier molecular flexibility index (Phi) is 5.80. The molecule has 2 amide bonds. The minimum atomic E-state index is -4.55. The van der Waals surface area contributed by atoms with Crippen LogP contribution in [0.3, 0.4) is 0 Å². The number of anilines is 1. The smallest absolute Gasteiger partial charge is 0.352 e. The summed E-state index contributed by atoms with van der Waals surface area (Å²) in [6.07, 6.45) is -4.69. The monoisotopic (exact) mass is 350 g/mol. The quantitative estimate of drug-likeness (QED) is 0.862. The summed E-state index contributed by atoms with van der Waals surface area (Å²) in [6.45, 7) is 1.87. The molecule has 4 nitrogen and oxygen atoms in total. The number of para-hydroxylation sites is 1. The summed E-state index contributed by atoms with van der Waals surface area (Å²) in [4.78, 5) is 23.8. The molecule has 2 N–H and O–H groups in total. The maximum absolute atomic E-state index is 12.9. The number of nitrogens with one attached hydrogen (secondary N) is 2. The van der Waals surface area contributed by atoms with Crippen LogP contribution in [0.4, 0.5) is 18.9 Å². The van der Waals surface area contributed by atoms with Gasteiger partial charge in [-0.3, -0.25) is 9.59 Å². The first-order valence-corrected chi connectivity index (χ1v) is 7.58. The van der Waals surface area contributed by atoms with Crippen LogP contribution in [-0.4, -0.2) is 18.4 Å². The van der Waals surface area contributed by atoms with E-state index in [1.807, 2.05) is 13.0 Å². The molecule has 0 aliphatic heterocycles. The van der Waals surface area contributed by atoms with Crippen molar-refractivity contribution >= 4 is 17.5 Å². The Morgan fingerprint density at radius 3 is 2.44 bits per heavy atom. The van der Waals surface area contributed by atoms with Crippen molar-refractivity contribution in [3.63, 3.8) is 0 Å². The van der Waals surface area contributed by atoms with Gasteiger partial charge < -0.3 is 10.6 Å². The number of halogens is 3. The second kappa shape index (κ2) is 7.83. The third-order valence-electron chi connectivity index (χ3n) is 3.42. The maximum Gasteiger partial charge on any atom is 0.418 e. The molecular weight excluding hydrogens is 333 g/mol. The van der Waals surface area contributed by atoms with E-state index in [2.05, 4.69) is 10.6 Å². The molecule has 0 bridgehead atoms. The van der Waals surface area contributed by atoms with Gasteiger partial charge in [0, 0.05) is 18.5 Å². The van der Waals surface area contributed by atoms with E-state index < -0.39 is 17.6 Å². The van der Waals surface area contributed by atoms with Crippen molar-refractivity contribution in [2.45, 2.75) is 19.5 Å². The Morgan fingerprint density at radius 2 is 1.76 bits per heavy atom. The molecule has 0 radical (unpaired) electrons. The molecule has 25 heavy (non-hydrogen) atoms. The van der Waals surface area contributed by atoms with Crippen LogP contribution < -0.4 is 10.6 Å². The molecule has 0 fully saturated rings. The lowest BCUT2D eigenvalue weighted by Crippen LogP contribution is -2.28. The first-order chi connectivity index (χ1) is 11.8. The van der Waals surface area contributed by atoms with Gasteiger partial charge in [0.15, 0.2) is 0 Å². The van der Waals surface area contributed by atoms with Crippen LogP contribution in [-0.2, 0) is 11.0 Å². The predicted molar refractivity (Wildman–Crippen MR) is 88.2 cm³/mol. The standard InChI is InChI=1S/C18H17F3N2O2/c1-12-5-4-6-13(11-12)17(25)22-10-9-16(24)23-15-8-3-2-7-14(15)18(19,20)21/h2-8,11H,9-10H2,1H3,(H,22,25)(H,23,24). The molecule has 0 saturated heterocycles. The van der Waals surface area contributed by atoms with E-state index in [-0.39, 0.29) is 24.6 Å². The van der Waals surface area contributed by atoms with Crippen LogP contribution in [0.1, 0.15) is 27.9 Å². The van der Waals surface area contributed by atoms with Gasteiger partial charge in [0.25, 0.3) is 5.91 Å². The number of amides is 2. The van der Waals surface area contributed by atoms with Crippen LogP contribution in [0.2, 0.25) is 0 Å². The zero-order valence-corrected chi connectivity index (χ0v) is 13.5. The Hall–Kier alpha value is -2.83.